The minimum Gasteiger partial charge on any atom is -0.367 e. The Labute approximate surface area is 149 Å². The largest absolute Gasteiger partial charge is 0.433 e. The van der Waals surface area contributed by atoms with Crippen molar-refractivity contribution in [2.24, 2.45) is 0 Å². The molecule has 2 aromatic rings. The Morgan fingerprint density at radius 1 is 1.12 bits per heavy atom. The molecule has 2 fully saturated rings. The molecule has 1 saturated heterocycles. The van der Waals surface area contributed by atoms with Crippen LogP contribution < -0.4 is 5.32 Å². The fraction of sp³-hybridized carbons (Fsp3) is 0.588. The van der Waals surface area contributed by atoms with Gasteiger partial charge >= 0.3 is 6.18 Å². The molecule has 4 rings (SSSR count). The number of aromatic nitrogens is 4. The number of hydrogen-bond acceptors (Lipinski definition) is 5. The first-order valence-electron chi connectivity index (χ1n) is 8.88. The van der Waals surface area contributed by atoms with E-state index >= 15 is 0 Å². The molecule has 0 aromatic carbocycles. The van der Waals surface area contributed by atoms with Crippen molar-refractivity contribution in [3.8, 4) is 0 Å². The summed E-state index contributed by atoms with van der Waals surface area (Å²) in [6, 6.07) is 1.71. The third-order valence-corrected chi connectivity index (χ3v) is 4.97. The van der Waals surface area contributed by atoms with Gasteiger partial charge in [-0.05, 0) is 25.7 Å². The van der Waals surface area contributed by atoms with E-state index in [9.17, 15) is 13.2 Å². The van der Waals surface area contributed by atoms with E-state index in [0.29, 0.717) is 6.04 Å². The highest BCUT2D eigenvalue weighted by Gasteiger charge is 2.33. The maximum absolute atomic E-state index is 12.7. The highest BCUT2D eigenvalue weighted by molar-refractivity contribution is 5.36. The van der Waals surface area contributed by atoms with Crippen LogP contribution >= 0.6 is 0 Å². The molecular formula is C17H21F3N6. The molecule has 0 atom stereocenters. The van der Waals surface area contributed by atoms with Gasteiger partial charge in [0.2, 0.25) is 0 Å². The Kier molecular flexibility index (Phi) is 4.56. The van der Waals surface area contributed by atoms with Crippen molar-refractivity contribution in [1.82, 2.24) is 24.4 Å². The number of piperidine rings is 1. The summed E-state index contributed by atoms with van der Waals surface area (Å²) in [5.74, 6) is 0.234. The molecule has 26 heavy (non-hydrogen) atoms. The van der Waals surface area contributed by atoms with E-state index in [0.717, 1.165) is 44.9 Å². The second-order valence-corrected chi connectivity index (χ2v) is 7.00. The lowest BCUT2D eigenvalue weighted by atomic mass is 10.0. The van der Waals surface area contributed by atoms with E-state index in [1.54, 1.807) is 0 Å². The SMILES string of the molecule is FC(F)(F)c1cc(NC2CCN(Cc3cncn3C3CC3)CC2)ncn1. The highest BCUT2D eigenvalue weighted by atomic mass is 19.4. The van der Waals surface area contributed by atoms with E-state index in [2.05, 4.69) is 29.7 Å². The zero-order chi connectivity index (χ0) is 18.1. The van der Waals surface area contributed by atoms with Crippen LogP contribution in [0.2, 0.25) is 0 Å². The molecule has 1 aliphatic carbocycles. The fourth-order valence-corrected chi connectivity index (χ4v) is 3.40. The van der Waals surface area contributed by atoms with Crippen molar-refractivity contribution in [3.05, 3.63) is 36.3 Å². The number of alkyl halides is 3. The fourth-order valence-electron chi connectivity index (χ4n) is 3.40. The maximum atomic E-state index is 12.7. The van der Waals surface area contributed by atoms with Gasteiger partial charge in [0.25, 0.3) is 0 Å². The van der Waals surface area contributed by atoms with Gasteiger partial charge in [-0.15, -0.1) is 0 Å². The first-order chi connectivity index (χ1) is 12.5. The first kappa shape index (κ1) is 17.3. The van der Waals surface area contributed by atoms with Crippen LogP contribution in [0.15, 0.2) is 24.9 Å². The van der Waals surface area contributed by atoms with Crippen molar-refractivity contribution in [2.45, 2.75) is 50.5 Å². The van der Waals surface area contributed by atoms with Gasteiger partial charge in [-0.1, -0.05) is 0 Å². The minimum atomic E-state index is -4.45. The minimum absolute atomic E-state index is 0.121. The van der Waals surface area contributed by atoms with E-state index in [1.165, 1.54) is 18.5 Å². The zero-order valence-corrected chi connectivity index (χ0v) is 14.3. The molecule has 9 heteroatoms. The molecule has 0 unspecified atom stereocenters. The number of hydrogen-bond donors (Lipinski definition) is 1. The van der Waals surface area contributed by atoms with Gasteiger partial charge in [-0.25, -0.2) is 15.0 Å². The summed E-state index contributed by atoms with van der Waals surface area (Å²) in [5.41, 5.74) is 0.324. The van der Waals surface area contributed by atoms with Crippen molar-refractivity contribution < 1.29 is 13.2 Å². The van der Waals surface area contributed by atoms with Crippen LogP contribution in [-0.2, 0) is 12.7 Å². The van der Waals surface area contributed by atoms with Crippen molar-refractivity contribution in [1.29, 1.82) is 0 Å². The second kappa shape index (κ2) is 6.86. The molecule has 2 aromatic heterocycles. The molecule has 0 radical (unpaired) electrons. The predicted molar refractivity (Wildman–Crippen MR) is 89.5 cm³/mol. The molecule has 1 N–H and O–H groups in total. The Bertz CT molecular complexity index is 747. The third-order valence-electron chi connectivity index (χ3n) is 4.97. The number of halogens is 3. The topological polar surface area (TPSA) is 58.9 Å². The van der Waals surface area contributed by atoms with Crippen LogP contribution in [0.25, 0.3) is 0 Å². The molecule has 1 aliphatic heterocycles. The normalized spacial score (nSPS) is 19.7. The molecule has 0 amide bonds. The summed E-state index contributed by atoms with van der Waals surface area (Å²) < 4.78 is 40.5. The van der Waals surface area contributed by atoms with Gasteiger partial charge in [-0.2, -0.15) is 13.2 Å². The van der Waals surface area contributed by atoms with Crippen LogP contribution in [0.4, 0.5) is 19.0 Å². The summed E-state index contributed by atoms with van der Waals surface area (Å²) in [5, 5.41) is 3.12. The van der Waals surface area contributed by atoms with Crippen LogP contribution in [0.1, 0.15) is 43.1 Å². The highest BCUT2D eigenvalue weighted by Crippen LogP contribution is 2.36. The average molecular weight is 366 g/mol. The average Bonchev–Trinajstić information content (AvgIpc) is 3.36. The summed E-state index contributed by atoms with van der Waals surface area (Å²) in [6.45, 7) is 2.66. The van der Waals surface area contributed by atoms with Gasteiger partial charge in [0, 0.05) is 44.0 Å². The molecular weight excluding hydrogens is 345 g/mol. The van der Waals surface area contributed by atoms with Gasteiger partial charge in [-0.3, -0.25) is 4.90 Å². The van der Waals surface area contributed by atoms with Gasteiger partial charge in [0.1, 0.15) is 17.8 Å². The van der Waals surface area contributed by atoms with Crippen LogP contribution in [-0.4, -0.2) is 43.6 Å². The Morgan fingerprint density at radius 2 is 1.88 bits per heavy atom. The number of imidazole rings is 1. The van der Waals surface area contributed by atoms with E-state index in [1.807, 2.05) is 12.5 Å². The van der Waals surface area contributed by atoms with Gasteiger partial charge in [0.15, 0.2) is 0 Å². The lowest BCUT2D eigenvalue weighted by Crippen LogP contribution is -2.39. The number of nitrogens with one attached hydrogen (secondary N) is 1. The Hall–Kier alpha value is -2.16. The lowest BCUT2D eigenvalue weighted by Gasteiger charge is -2.32. The Balaban J connectivity index is 1.30. The van der Waals surface area contributed by atoms with Crippen LogP contribution in [0, 0.1) is 0 Å². The monoisotopic (exact) mass is 366 g/mol. The molecule has 3 heterocycles. The molecule has 140 valence electrons. The van der Waals surface area contributed by atoms with Gasteiger partial charge < -0.3 is 9.88 Å². The van der Waals surface area contributed by atoms with E-state index in [4.69, 9.17) is 0 Å². The third kappa shape index (κ3) is 3.98. The van der Waals surface area contributed by atoms with Crippen LogP contribution in [0.3, 0.4) is 0 Å². The number of anilines is 1. The Morgan fingerprint density at radius 3 is 2.58 bits per heavy atom. The molecule has 1 saturated carbocycles. The zero-order valence-electron chi connectivity index (χ0n) is 14.3. The molecule has 6 nitrogen and oxygen atoms in total. The number of likely N-dealkylation sites (tertiary alicyclic amines) is 1. The van der Waals surface area contributed by atoms with Crippen molar-refractivity contribution >= 4 is 5.82 Å². The smallest absolute Gasteiger partial charge is 0.367 e. The quantitative estimate of drug-likeness (QED) is 0.881. The second-order valence-electron chi connectivity index (χ2n) is 7.00. The summed E-state index contributed by atoms with van der Waals surface area (Å²) >= 11 is 0. The number of rotatable bonds is 5. The first-order valence-corrected chi connectivity index (χ1v) is 8.88. The summed E-state index contributed by atoms with van der Waals surface area (Å²) in [4.78, 5) is 13.8. The molecule has 0 bridgehead atoms. The summed E-state index contributed by atoms with van der Waals surface area (Å²) in [6.07, 6.45) is 4.54. The van der Waals surface area contributed by atoms with Crippen molar-refractivity contribution in [2.75, 3.05) is 18.4 Å². The number of nitrogens with zero attached hydrogens (tertiary/aromatic N) is 5. The molecule has 2 aliphatic rings. The maximum Gasteiger partial charge on any atom is 0.433 e. The van der Waals surface area contributed by atoms with Crippen LogP contribution in [0.5, 0.6) is 0 Å². The van der Waals surface area contributed by atoms with E-state index < -0.39 is 11.9 Å². The molecule has 0 spiro atoms. The van der Waals surface area contributed by atoms with Crippen molar-refractivity contribution in [3.63, 3.8) is 0 Å². The predicted octanol–water partition coefficient (Wildman–Crippen LogP) is 3.10. The standard InChI is InChI=1S/C17H21F3N6/c18-17(19,20)15-7-16(23-10-22-15)24-12-3-5-25(6-4-12)9-14-8-21-11-26(14)13-1-2-13/h7-8,10-13H,1-6,9H2,(H,22,23,24). The van der Waals surface area contributed by atoms with E-state index in [-0.39, 0.29) is 11.9 Å². The summed E-state index contributed by atoms with van der Waals surface area (Å²) in [7, 11) is 0. The lowest BCUT2D eigenvalue weighted by molar-refractivity contribution is -0.141. The van der Waals surface area contributed by atoms with Gasteiger partial charge in [0.05, 0.1) is 12.0 Å².